The summed E-state index contributed by atoms with van der Waals surface area (Å²) in [6.07, 6.45) is 5.58. The van der Waals surface area contributed by atoms with Crippen molar-refractivity contribution in [1.82, 2.24) is 9.78 Å². The van der Waals surface area contributed by atoms with Crippen LogP contribution in [-0.2, 0) is 4.74 Å². The molecule has 0 saturated carbocycles. The average Bonchev–Trinajstić information content (AvgIpc) is 3.04. The van der Waals surface area contributed by atoms with Gasteiger partial charge >= 0.3 is 0 Å². The largest absolute Gasteiger partial charge is 0.491 e. The van der Waals surface area contributed by atoms with E-state index in [9.17, 15) is 4.79 Å². The van der Waals surface area contributed by atoms with E-state index in [4.69, 9.17) is 9.47 Å². The Morgan fingerprint density at radius 1 is 1.29 bits per heavy atom. The Balaban J connectivity index is 1.61. The summed E-state index contributed by atoms with van der Waals surface area (Å²) in [5.41, 5.74) is 1.29. The van der Waals surface area contributed by atoms with Crippen molar-refractivity contribution < 1.29 is 14.3 Å². The molecule has 2 heterocycles. The monoisotopic (exact) mass is 329 g/mol. The Labute approximate surface area is 141 Å². The van der Waals surface area contributed by atoms with Crippen LogP contribution in [0.25, 0.3) is 0 Å². The van der Waals surface area contributed by atoms with Gasteiger partial charge in [0.05, 0.1) is 24.0 Å². The molecule has 2 aromatic rings. The number of carbonyl (C=O) groups is 1. The molecule has 0 spiro atoms. The number of nitrogens with zero attached hydrogens (tertiary/aromatic N) is 2. The van der Waals surface area contributed by atoms with Gasteiger partial charge in [0.2, 0.25) is 0 Å². The standard InChI is InChI=1S/C18H23N3O3/c1-13(2)24-17-5-3-14(4-6-17)18(22)20-15-11-19-21(12-15)16-7-9-23-10-8-16/h3-6,11-13,16H,7-10H2,1-2H3,(H,20,22). The maximum Gasteiger partial charge on any atom is 0.255 e. The first kappa shape index (κ1) is 16.5. The number of hydrogen-bond acceptors (Lipinski definition) is 4. The van der Waals surface area contributed by atoms with Crippen molar-refractivity contribution in [2.45, 2.75) is 38.8 Å². The molecule has 1 fully saturated rings. The second-order valence-corrected chi connectivity index (χ2v) is 6.20. The summed E-state index contributed by atoms with van der Waals surface area (Å²) >= 11 is 0. The lowest BCUT2D eigenvalue weighted by atomic mass is 10.1. The lowest BCUT2D eigenvalue weighted by molar-refractivity contribution is 0.0662. The predicted octanol–water partition coefficient (Wildman–Crippen LogP) is 3.27. The van der Waals surface area contributed by atoms with E-state index in [2.05, 4.69) is 10.4 Å². The molecule has 0 radical (unpaired) electrons. The first-order valence-electron chi connectivity index (χ1n) is 8.32. The van der Waals surface area contributed by atoms with E-state index in [1.165, 1.54) is 0 Å². The fourth-order valence-corrected chi connectivity index (χ4v) is 2.71. The summed E-state index contributed by atoms with van der Waals surface area (Å²) in [5.74, 6) is 0.603. The third-order valence-electron chi connectivity index (χ3n) is 3.91. The topological polar surface area (TPSA) is 65.4 Å². The zero-order valence-electron chi connectivity index (χ0n) is 14.1. The highest BCUT2D eigenvalue weighted by molar-refractivity contribution is 6.04. The Morgan fingerprint density at radius 3 is 2.67 bits per heavy atom. The Bertz CT molecular complexity index is 673. The quantitative estimate of drug-likeness (QED) is 0.914. The first-order valence-corrected chi connectivity index (χ1v) is 8.32. The average molecular weight is 329 g/mol. The summed E-state index contributed by atoms with van der Waals surface area (Å²) < 4.78 is 12.9. The van der Waals surface area contributed by atoms with Crippen LogP contribution in [0.4, 0.5) is 5.69 Å². The van der Waals surface area contributed by atoms with Gasteiger partial charge in [-0.2, -0.15) is 5.10 Å². The van der Waals surface area contributed by atoms with E-state index in [0.717, 1.165) is 31.8 Å². The molecule has 1 saturated heterocycles. The minimum atomic E-state index is -0.155. The normalized spacial score (nSPS) is 15.5. The summed E-state index contributed by atoms with van der Waals surface area (Å²) in [5, 5.41) is 7.24. The van der Waals surface area contributed by atoms with Gasteiger partial charge in [0.25, 0.3) is 5.91 Å². The second-order valence-electron chi connectivity index (χ2n) is 6.20. The summed E-state index contributed by atoms with van der Waals surface area (Å²) in [6.45, 7) is 5.46. The molecule has 1 aromatic carbocycles. The molecule has 0 aliphatic carbocycles. The van der Waals surface area contributed by atoms with E-state index in [-0.39, 0.29) is 12.0 Å². The lowest BCUT2D eigenvalue weighted by Crippen LogP contribution is -2.19. The number of carbonyl (C=O) groups excluding carboxylic acids is 1. The first-order chi connectivity index (χ1) is 11.6. The van der Waals surface area contributed by atoms with Gasteiger partial charge < -0.3 is 14.8 Å². The molecule has 24 heavy (non-hydrogen) atoms. The maximum absolute atomic E-state index is 12.3. The molecule has 3 rings (SSSR count). The number of hydrogen-bond donors (Lipinski definition) is 1. The van der Waals surface area contributed by atoms with Crippen molar-refractivity contribution in [3.63, 3.8) is 0 Å². The zero-order valence-corrected chi connectivity index (χ0v) is 14.1. The third-order valence-corrected chi connectivity index (χ3v) is 3.91. The molecule has 1 aliphatic heterocycles. The molecule has 0 atom stereocenters. The van der Waals surface area contributed by atoms with Gasteiger partial charge in [-0.25, -0.2) is 0 Å². The van der Waals surface area contributed by atoms with Gasteiger partial charge in [-0.1, -0.05) is 0 Å². The van der Waals surface area contributed by atoms with Gasteiger partial charge in [0.1, 0.15) is 5.75 Å². The third kappa shape index (κ3) is 4.14. The molecule has 6 heteroatoms. The molecular weight excluding hydrogens is 306 g/mol. The fourth-order valence-electron chi connectivity index (χ4n) is 2.71. The Morgan fingerprint density at radius 2 is 2.00 bits per heavy atom. The summed E-state index contributed by atoms with van der Waals surface area (Å²) in [6, 6.07) is 7.48. The maximum atomic E-state index is 12.3. The van der Waals surface area contributed by atoms with Crippen LogP contribution in [0.5, 0.6) is 5.75 Å². The minimum absolute atomic E-state index is 0.112. The van der Waals surface area contributed by atoms with Crippen LogP contribution in [0.2, 0.25) is 0 Å². The van der Waals surface area contributed by atoms with Crippen molar-refractivity contribution in [2.75, 3.05) is 18.5 Å². The van der Waals surface area contributed by atoms with Crippen molar-refractivity contribution in [2.24, 2.45) is 0 Å². The number of ether oxygens (including phenoxy) is 2. The van der Waals surface area contributed by atoms with E-state index in [1.807, 2.05) is 24.7 Å². The van der Waals surface area contributed by atoms with Gasteiger partial charge in [0, 0.05) is 25.0 Å². The Kier molecular flexibility index (Phi) is 5.15. The summed E-state index contributed by atoms with van der Waals surface area (Å²) in [7, 11) is 0. The number of benzene rings is 1. The van der Waals surface area contributed by atoms with E-state index in [0.29, 0.717) is 17.3 Å². The van der Waals surface area contributed by atoms with Crippen LogP contribution >= 0.6 is 0 Å². The van der Waals surface area contributed by atoms with Crippen molar-refractivity contribution in [3.05, 3.63) is 42.2 Å². The predicted molar refractivity (Wildman–Crippen MR) is 91.5 cm³/mol. The smallest absolute Gasteiger partial charge is 0.255 e. The van der Waals surface area contributed by atoms with Gasteiger partial charge in [0.15, 0.2) is 0 Å². The van der Waals surface area contributed by atoms with E-state index in [1.54, 1.807) is 30.5 Å². The number of aromatic nitrogens is 2. The van der Waals surface area contributed by atoms with Gasteiger partial charge in [-0.05, 0) is 51.0 Å². The van der Waals surface area contributed by atoms with Crippen LogP contribution in [-0.4, -0.2) is 35.0 Å². The van der Waals surface area contributed by atoms with E-state index >= 15 is 0 Å². The minimum Gasteiger partial charge on any atom is -0.491 e. The van der Waals surface area contributed by atoms with Crippen LogP contribution < -0.4 is 10.1 Å². The van der Waals surface area contributed by atoms with Crippen LogP contribution in [0.15, 0.2) is 36.7 Å². The van der Waals surface area contributed by atoms with Crippen molar-refractivity contribution in [3.8, 4) is 5.75 Å². The fraction of sp³-hybridized carbons (Fsp3) is 0.444. The SMILES string of the molecule is CC(C)Oc1ccc(C(=O)Nc2cnn(C3CCOCC3)c2)cc1. The van der Waals surface area contributed by atoms with Crippen LogP contribution in [0, 0.1) is 0 Å². The molecule has 128 valence electrons. The molecule has 1 N–H and O–H groups in total. The van der Waals surface area contributed by atoms with Gasteiger partial charge in [-0.15, -0.1) is 0 Å². The number of nitrogens with one attached hydrogen (secondary N) is 1. The summed E-state index contributed by atoms with van der Waals surface area (Å²) in [4.78, 5) is 12.3. The van der Waals surface area contributed by atoms with Crippen molar-refractivity contribution in [1.29, 1.82) is 0 Å². The Hall–Kier alpha value is -2.34. The molecule has 0 unspecified atom stereocenters. The lowest BCUT2D eigenvalue weighted by Gasteiger charge is -2.22. The molecule has 0 bridgehead atoms. The molecule has 1 aliphatic rings. The molecular formula is C18H23N3O3. The van der Waals surface area contributed by atoms with E-state index < -0.39 is 0 Å². The van der Waals surface area contributed by atoms with Crippen LogP contribution in [0.1, 0.15) is 43.1 Å². The molecule has 1 amide bonds. The molecule has 6 nitrogen and oxygen atoms in total. The number of anilines is 1. The highest BCUT2D eigenvalue weighted by Gasteiger charge is 2.17. The highest BCUT2D eigenvalue weighted by Crippen LogP contribution is 2.22. The van der Waals surface area contributed by atoms with Crippen LogP contribution in [0.3, 0.4) is 0 Å². The number of rotatable bonds is 5. The van der Waals surface area contributed by atoms with Gasteiger partial charge in [-0.3, -0.25) is 9.48 Å². The molecule has 1 aromatic heterocycles. The second kappa shape index (κ2) is 7.49. The number of amides is 1. The van der Waals surface area contributed by atoms with Crippen molar-refractivity contribution >= 4 is 11.6 Å². The zero-order chi connectivity index (χ0) is 16.9. The highest BCUT2D eigenvalue weighted by atomic mass is 16.5.